The van der Waals surface area contributed by atoms with E-state index in [1.165, 1.54) is 18.9 Å². The van der Waals surface area contributed by atoms with Crippen molar-refractivity contribution in [1.82, 2.24) is 9.80 Å². The van der Waals surface area contributed by atoms with Crippen molar-refractivity contribution in [3.8, 4) is 0 Å². The molecule has 0 aliphatic carbocycles. The largest absolute Gasteiger partial charge is 0.329 e. The van der Waals surface area contributed by atoms with Crippen molar-refractivity contribution in [3.05, 3.63) is 35.6 Å². The fourth-order valence-electron chi connectivity index (χ4n) is 2.81. The van der Waals surface area contributed by atoms with Gasteiger partial charge in [0.25, 0.3) is 0 Å². The van der Waals surface area contributed by atoms with Crippen LogP contribution in [-0.2, 0) is 6.54 Å². The highest BCUT2D eigenvalue weighted by Gasteiger charge is 2.22. The Morgan fingerprint density at radius 2 is 2.32 bits per heavy atom. The molecule has 0 bridgehead atoms. The van der Waals surface area contributed by atoms with Gasteiger partial charge in [0, 0.05) is 32.2 Å². The number of likely N-dealkylation sites (tertiary alicyclic amines) is 1. The molecule has 2 N–H and O–H groups in total. The predicted octanol–water partition coefficient (Wildman–Crippen LogP) is 1.68. The SMILES string of the molecule is CN(CCN)C1CCCN(Cc2cccc(F)c2)C1. The Labute approximate surface area is 115 Å². The van der Waals surface area contributed by atoms with Crippen molar-refractivity contribution in [2.75, 3.05) is 33.2 Å². The summed E-state index contributed by atoms with van der Waals surface area (Å²) in [6.07, 6.45) is 2.44. The van der Waals surface area contributed by atoms with E-state index >= 15 is 0 Å². The van der Waals surface area contributed by atoms with Gasteiger partial charge in [-0.1, -0.05) is 12.1 Å². The van der Waals surface area contributed by atoms with Crippen molar-refractivity contribution in [2.45, 2.75) is 25.4 Å². The van der Waals surface area contributed by atoms with E-state index in [0.717, 1.165) is 31.7 Å². The lowest BCUT2D eigenvalue weighted by Gasteiger charge is -2.37. The zero-order valence-electron chi connectivity index (χ0n) is 11.7. The lowest BCUT2D eigenvalue weighted by molar-refractivity contribution is 0.113. The molecule has 106 valence electrons. The van der Waals surface area contributed by atoms with Gasteiger partial charge in [0.05, 0.1) is 0 Å². The number of nitrogens with zero attached hydrogens (tertiary/aromatic N) is 2. The molecule has 1 atom stereocenters. The van der Waals surface area contributed by atoms with Gasteiger partial charge in [-0.3, -0.25) is 4.90 Å². The minimum Gasteiger partial charge on any atom is -0.329 e. The van der Waals surface area contributed by atoms with E-state index in [4.69, 9.17) is 5.73 Å². The van der Waals surface area contributed by atoms with Crippen LogP contribution < -0.4 is 5.73 Å². The Kier molecular flexibility index (Phi) is 5.31. The zero-order valence-corrected chi connectivity index (χ0v) is 11.7. The topological polar surface area (TPSA) is 32.5 Å². The highest BCUT2D eigenvalue weighted by atomic mass is 19.1. The van der Waals surface area contributed by atoms with Crippen LogP contribution in [0.15, 0.2) is 24.3 Å². The third kappa shape index (κ3) is 4.27. The molecule has 0 amide bonds. The number of piperidine rings is 1. The molecule has 1 heterocycles. The average Bonchev–Trinajstić information content (AvgIpc) is 2.39. The van der Waals surface area contributed by atoms with E-state index in [9.17, 15) is 4.39 Å². The van der Waals surface area contributed by atoms with Crippen LogP contribution in [-0.4, -0.2) is 49.1 Å². The summed E-state index contributed by atoms with van der Waals surface area (Å²) in [5.41, 5.74) is 6.67. The smallest absolute Gasteiger partial charge is 0.123 e. The molecule has 19 heavy (non-hydrogen) atoms. The van der Waals surface area contributed by atoms with Gasteiger partial charge in [0.1, 0.15) is 5.82 Å². The van der Waals surface area contributed by atoms with E-state index in [2.05, 4.69) is 16.8 Å². The lowest BCUT2D eigenvalue weighted by Crippen LogP contribution is -2.47. The molecule has 1 aliphatic heterocycles. The zero-order chi connectivity index (χ0) is 13.7. The Bertz CT molecular complexity index is 397. The van der Waals surface area contributed by atoms with Crippen LogP contribution in [0.4, 0.5) is 4.39 Å². The van der Waals surface area contributed by atoms with Crippen molar-refractivity contribution < 1.29 is 4.39 Å². The lowest BCUT2D eigenvalue weighted by atomic mass is 10.0. The third-order valence-electron chi connectivity index (χ3n) is 3.88. The van der Waals surface area contributed by atoms with Gasteiger partial charge >= 0.3 is 0 Å². The van der Waals surface area contributed by atoms with Crippen molar-refractivity contribution in [1.29, 1.82) is 0 Å². The van der Waals surface area contributed by atoms with Crippen LogP contribution in [0.1, 0.15) is 18.4 Å². The second kappa shape index (κ2) is 6.98. The van der Waals surface area contributed by atoms with Gasteiger partial charge in [-0.2, -0.15) is 0 Å². The van der Waals surface area contributed by atoms with E-state index < -0.39 is 0 Å². The molecule has 4 heteroatoms. The molecule has 0 radical (unpaired) electrons. The van der Waals surface area contributed by atoms with Crippen LogP contribution in [0.3, 0.4) is 0 Å². The Balaban J connectivity index is 1.90. The molecule has 1 fully saturated rings. The summed E-state index contributed by atoms with van der Waals surface area (Å²) in [5.74, 6) is -0.147. The highest BCUT2D eigenvalue weighted by molar-refractivity contribution is 5.16. The van der Waals surface area contributed by atoms with Gasteiger partial charge < -0.3 is 10.6 Å². The maximum absolute atomic E-state index is 13.2. The van der Waals surface area contributed by atoms with Gasteiger partial charge in [0.2, 0.25) is 0 Å². The molecular weight excluding hydrogens is 241 g/mol. The van der Waals surface area contributed by atoms with Gasteiger partial charge in [-0.15, -0.1) is 0 Å². The van der Waals surface area contributed by atoms with Crippen LogP contribution in [0.25, 0.3) is 0 Å². The monoisotopic (exact) mass is 265 g/mol. The summed E-state index contributed by atoms with van der Waals surface area (Å²) in [7, 11) is 2.14. The van der Waals surface area contributed by atoms with E-state index in [0.29, 0.717) is 12.6 Å². The predicted molar refractivity (Wildman–Crippen MR) is 76.4 cm³/mol. The molecule has 1 aromatic rings. The van der Waals surface area contributed by atoms with Gasteiger partial charge in [0.15, 0.2) is 0 Å². The Hall–Kier alpha value is -0.970. The minimum atomic E-state index is -0.147. The standard InChI is InChI=1S/C15H24FN3/c1-18(9-7-17)15-6-3-8-19(12-15)11-13-4-2-5-14(16)10-13/h2,4-5,10,15H,3,6-9,11-12,17H2,1H3. The summed E-state index contributed by atoms with van der Waals surface area (Å²) in [5, 5.41) is 0. The van der Waals surface area contributed by atoms with Crippen LogP contribution in [0, 0.1) is 5.82 Å². The molecule has 3 nitrogen and oxygen atoms in total. The second-order valence-corrected chi connectivity index (χ2v) is 5.43. The molecule has 0 aromatic heterocycles. The number of rotatable bonds is 5. The Morgan fingerprint density at radius 3 is 3.05 bits per heavy atom. The van der Waals surface area contributed by atoms with Crippen molar-refractivity contribution in [3.63, 3.8) is 0 Å². The third-order valence-corrected chi connectivity index (χ3v) is 3.88. The number of benzene rings is 1. The van der Waals surface area contributed by atoms with Crippen LogP contribution in [0.2, 0.25) is 0 Å². The van der Waals surface area contributed by atoms with Crippen LogP contribution in [0.5, 0.6) is 0 Å². The first-order valence-corrected chi connectivity index (χ1v) is 7.06. The second-order valence-electron chi connectivity index (χ2n) is 5.43. The van der Waals surface area contributed by atoms with Crippen LogP contribution >= 0.6 is 0 Å². The molecule has 2 rings (SSSR count). The van der Waals surface area contributed by atoms with Crippen molar-refractivity contribution in [2.24, 2.45) is 5.73 Å². The summed E-state index contributed by atoms with van der Waals surface area (Å²) >= 11 is 0. The highest BCUT2D eigenvalue weighted by Crippen LogP contribution is 2.17. The average molecular weight is 265 g/mol. The first kappa shape index (κ1) is 14.4. The van der Waals surface area contributed by atoms with E-state index in [1.807, 2.05) is 6.07 Å². The number of hydrogen-bond acceptors (Lipinski definition) is 3. The molecule has 0 spiro atoms. The summed E-state index contributed by atoms with van der Waals surface area (Å²) in [6.45, 7) is 4.64. The number of halogens is 1. The molecular formula is C15H24FN3. The fraction of sp³-hybridized carbons (Fsp3) is 0.600. The van der Waals surface area contributed by atoms with E-state index in [1.54, 1.807) is 12.1 Å². The quantitative estimate of drug-likeness (QED) is 0.879. The molecule has 0 saturated carbocycles. The Morgan fingerprint density at radius 1 is 1.47 bits per heavy atom. The normalized spacial score (nSPS) is 20.9. The number of likely N-dealkylation sites (N-methyl/N-ethyl adjacent to an activating group) is 1. The van der Waals surface area contributed by atoms with Crippen molar-refractivity contribution >= 4 is 0 Å². The summed E-state index contributed by atoms with van der Waals surface area (Å²) < 4.78 is 13.2. The molecule has 1 saturated heterocycles. The first-order chi connectivity index (χ1) is 9.19. The number of hydrogen-bond donors (Lipinski definition) is 1. The molecule has 1 aliphatic rings. The fourth-order valence-corrected chi connectivity index (χ4v) is 2.81. The number of nitrogens with two attached hydrogens (primary N) is 1. The minimum absolute atomic E-state index is 0.147. The maximum Gasteiger partial charge on any atom is 0.123 e. The van der Waals surface area contributed by atoms with Gasteiger partial charge in [-0.05, 0) is 44.1 Å². The summed E-state index contributed by atoms with van der Waals surface area (Å²) in [4.78, 5) is 4.76. The molecule has 1 aromatic carbocycles. The first-order valence-electron chi connectivity index (χ1n) is 7.06. The van der Waals surface area contributed by atoms with E-state index in [-0.39, 0.29) is 5.82 Å². The maximum atomic E-state index is 13.2. The molecule has 1 unspecified atom stereocenters. The van der Waals surface area contributed by atoms with Gasteiger partial charge in [-0.25, -0.2) is 4.39 Å². The summed E-state index contributed by atoms with van der Waals surface area (Å²) in [6, 6.07) is 7.49.